The Labute approximate surface area is 96.2 Å². The van der Waals surface area contributed by atoms with Crippen LogP contribution in [0.15, 0.2) is 30.5 Å². The van der Waals surface area contributed by atoms with Crippen molar-refractivity contribution in [2.24, 2.45) is 5.73 Å². The molecule has 16 heavy (non-hydrogen) atoms. The second kappa shape index (κ2) is 4.68. The molecule has 0 saturated heterocycles. The minimum Gasteiger partial charge on any atom is -0.361 e. The Bertz CT molecular complexity index is 459. The minimum absolute atomic E-state index is 0.218. The van der Waals surface area contributed by atoms with Gasteiger partial charge >= 0.3 is 0 Å². The van der Waals surface area contributed by atoms with E-state index in [1.165, 1.54) is 16.5 Å². The van der Waals surface area contributed by atoms with Crippen LogP contribution in [0.2, 0.25) is 0 Å². The van der Waals surface area contributed by atoms with Crippen LogP contribution in [-0.4, -0.2) is 29.5 Å². The van der Waals surface area contributed by atoms with Crippen LogP contribution >= 0.6 is 0 Å². The molecule has 1 aromatic heterocycles. The Kier molecular flexibility index (Phi) is 3.27. The maximum Gasteiger partial charge on any atom is 0.0457 e. The highest BCUT2D eigenvalue weighted by Crippen LogP contribution is 2.18. The lowest BCUT2D eigenvalue weighted by molar-refractivity contribution is 0.311. The number of para-hydroxylation sites is 1. The average molecular weight is 217 g/mol. The number of nitrogens with one attached hydrogen (secondary N) is 1. The Morgan fingerprint density at radius 1 is 1.38 bits per heavy atom. The summed E-state index contributed by atoms with van der Waals surface area (Å²) in [5.74, 6) is 0. The molecular weight excluding hydrogens is 198 g/mol. The molecular formula is C13H19N3. The third-order valence-corrected chi connectivity index (χ3v) is 2.71. The van der Waals surface area contributed by atoms with Crippen LogP contribution in [0.4, 0.5) is 0 Å². The molecule has 0 spiro atoms. The van der Waals surface area contributed by atoms with Gasteiger partial charge in [-0.3, -0.25) is 0 Å². The molecule has 86 valence electrons. The van der Waals surface area contributed by atoms with E-state index in [-0.39, 0.29) is 6.04 Å². The van der Waals surface area contributed by atoms with E-state index in [9.17, 15) is 0 Å². The summed E-state index contributed by atoms with van der Waals surface area (Å²) < 4.78 is 0. The smallest absolute Gasteiger partial charge is 0.0457 e. The molecule has 0 aliphatic heterocycles. The molecule has 3 heteroatoms. The van der Waals surface area contributed by atoms with Crippen molar-refractivity contribution in [3.05, 3.63) is 36.0 Å². The fourth-order valence-corrected chi connectivity index (χ4v) is 2.11. The van der Waals surface area contributed by atoms with Crippen LogP contribution in [0.25, 0.3) is 10.9 Å². The third-order valence-electron chi connectivity index (χ3n) is 2.71. The minimum atomic E-state index is 0.218. The Hall–Kier alpha value is -1.32. The molecule has 1 unspecified atom stereocenters. The van der Waals surface area contributed by atoms with Gasteiger partial charge < -0.3 is 15.6 Å². The Morgan fingerprint density at radius 2 is 2.12 bits per heavy atom. The summed E-state index contributed by atoms with van der Waals surface area (Å²) >= 11 is 0. The van der Waals surface area contributed by atoms with Crippen LogP contribution in [-0.2, 0) is 6.54 Å². The van der Waals surface area contributed by atoms with Crippen LogP contribution in [0.5, 0.6) is 0 Å². The summed E-state index contributed by atoms with van der Waals surface area (Å²) in [5, 5.41) is 1.30. The van der Waals surface area contributed by atoms with Crippen molar-refractivity contribution < 1.29 is 0 Å². The van der Waals surface area contributed by atoms with E-state index in [0.29, 0.717) is 0 Å². The summed E-state index contributed by atoms with van der Waals surface area (Å²) in [5.41, 5.74) is 8.32. The molecule has 0 bridgehead atoms. The second-order valence-electron chi connectivity index (χ2n) is 4.53. The third kappa shape index (κ3) is 2.43. The van der Waals surface area contributed by atoms with Gasteiger partial charge in [0.2, 0.25) is 0 Å². The first-order chi connectivity index (χ1) is 7.66. The van der Waals surface area contributed by atoms with Crippen LogP contribution in [0.3, 0.4) is 0 Å². The molecule has 0 aliphatic carbocycles. The van der Waals surface area contributed by atoms with Gasteiger partial charge in [0.25, 0.3) is 0 Å². The number of likely N-dealkylation sites (N-methyl/N-ethyl adjacent to an activating group) is 1. The maximum absolute atomic E-state index is 5.79. The molecule has 2 rings (SSSR count). The fraction of sp³-hybridized carbons (Fsp3) is 0.385. The zero-order valence-corrected chi connectivity index (χ0v) is 9.90. The predicted molar refractivity (Wildman–Crippen MR) is 68.3 cm³/mol. The van der Waals surface area contributed by atoms with E-state index in [2.05, 4.69) is 41.3 Å². The quantitative estimate of drug-likeness (QED) is 0.822. The highest BCUT2D eigenvalue weighted by molar-refractivity contribution is 5.82. The lowest BCUT2D eigenvalue weighted by atomic mass is 10.1. The SMILES string of the molecule is CC(N)CN(C)Cc1c[nH]c2ccccc12. The molecule has 1 aromatic carbocycles. The molecule has 3 N–H and O–H groups in total. The van der Waals surface area contributed by atoms with E-state index < -0.39 is 0 Å². The predicted octanol–water partition coefficient (Wildman–Crippen LogP) is 1.95. The van der Waals surface area contributed by atoms with Crippen LogP contribution < -0.4 is 5.73 Å². The molecule has 0 radical (unpaired) electrons. The number of H-pyrrole nitrogens is 1. The normalized spacial score (nSPS) is 13.5. The Morgan fingerprint density at radius 3 is 2.88 bits per heavy atom. The summed E-state index contributed by atoms with van der Waals surface area (Å²) in [7, 11) is 2.10. The molecule has 1 heterocycles. The number of benzene rings is 1. The van der Waals surface area contributed by atoms with Gasteiger partial charge in [-0.05, 0) is 25.6 Å². The molecule has 3 nitrogen and oxygen atoms in total. The molecule has 0 fully saturated rings. The molecule has 2 aromatic rings. The number of rotatable bonds is 4. The highest BCUT2D eigenvalue weighted by atomic mass is 15.1. The zero-order valence-electron chi connectivity index (χ0n) is 9.90. The number of nitrogens with two attached hydrogens (primary N) is 1. The number of aromatic nitrogens is 1. The van der Waals surface area contributed by atoms with Crippen molar-refractivity contribution in [3.8, 4) is 0 Å². The van der Waals surface area contributed by atoms with E-state index in [1.54, 1.807) is 0 Å². The zero-order chi connectivity index (χ0) is 11.5. The molecule has 1 atom stereocenters. The van der Waals surface area contributed by atoms with Gasteiger partial charge in [-0.2, -0.15) is 0 Å². The number of fused-ring (bicyclic) bond motifs is 1. The molecule has 0 saturated carbocycles. The first-order valence-electron chi connectivity index (χ1n) is 5.66. The van der Waals surface area contributed by atoms with Gasteiger partial charge in [0.05, 0.1) is 0 Å². The van der Waals surface area contributed by atoms with Gasteiger partial charge in [0.15, 0.2) is 0 Å². The van der Waals surface area contributed by atoms with E-state index in [4.69, 9.17) is 5.73 Å². The largest absolute Gasteiger partial charge is 0.361 e. The van der Waals surface area contributed by atoms with Crippen molar-refractivity contribution in [2.75, 3.05) is 13.6 Å². The summed E-state index contributed by atoms with van der Waals surface area (Å²) in [4.78, 5) is 5.54. The number of hydrogen-bond donors (Lipinski definition) is 2. The van der Waals surface area contributed by atoms with Crippen LogP contribution in [0, 0.1) is 0 Å². The van der Waals surface area contributed by atoms with Crippen molar-refractivity contribution in [2.45, 2.75) is 19.5 Å². The number of hydrogen-bond acceptors (Lipinski definition) is 2. The topological polar surface area (TPSA) is 45.0 Å². The van der Waals surface area contributed by atoms with E-state index >= 15 is 0 Å². The Balaban J connectivity index is 2.15. The average Bonchev–Trinajstić information content (AvgIpc) is 2.61. The lowest BCUT2D eigenvalue weighted by Gasteiger charge is -2.18. The van der Waals surface area contributed by atoms with Gasteiger partial charge in [-0.1, -0.05) is 18.2 Å². The van der Waals surface area contributed by atoms with Crippen molar-refractivity contribution in [3.63, 3.8) is 0 Å². The van der Waals surface area contributed by atoms with E-state index in [1.807, 2.05) is 13.0 Å². The van der Waals surface area contributed by atoms with Gasteiger partial charge in [0, 0.05) is 36.2 Å². The first-order valence-corrected chi connectivity index (χ1v) is 5.66. The van der Waals surface area contributed by atoms with Crippen molar-refractivity contribution in [1.29, 1.82) is 0 Å². The maximum atomic E-state index is 5.79. The van der Waals surface area contributed by atoms with Crippen molar-refractivity contribution in [1.82, 2.24) is 9.88 Å². The molecule has 0 aliphatic rings. The van der Waals surface area contributed by atoms with Crippen LogP contribution in [0.1, 0.15) is 12.5 Å². The van der Waals surface area contributed by atoms with Gasteiger partial charge in [0.1, 0.15) is 0 Å². The number of nitrogens with zero attached hydrogens (tertiary/aromatic N) is 1. The summed E-state index contributed by atoms with van der Waals surface area (Å²) in [6, 6.07) is 8.60. The van der Waals surface area contributed by atoms with Gasteiger partial charge in [-0.25, -0.2) is 0 Å². The highest BCUT2D eigenvalue weighted by Gasteiger charge is 2.07. The molecule has 0 amide bonds. The second-order valence-corrected chi connectivity index (χ2v) is 4.53. The van der Waals surface area contributed by atoms with E-state index in [0.717, 1.165) is 13.1 Å². The lowest BCUT2D eigenvalue weighted by Crippen LogP contribution is -2.32. The standard InChI is InChI=1S/C13H19N3/c1-10(14)8-16(2)9-11-7-15-13-6-4-3-5-12(11)13/h3-7,10,15H,8-9,14H2,1-2H3. The summed E-state index contributed by atoms with van der Waals surface area (Å²) in [6.45, 7) is 3.89. The number of aromatic amines is 1. The fourth-order valence-electron chi connectivity index (χ4n) is 2.11. The first kappa shape index (κ1) is 11.2. The van der Waals surface area contributed by atoms with Gasteiger partial charge in [-0.15, -0.1) is 0 Å². The monoisotopic (exact) mass is 217 g/mol. The summed E-state index contributed by atoms with van der Waals surface area (Å²) in [6.07, 6.45) is 2.09. The van der Waals surface area contributed by atoms with Crippen molar-refractivity contribution >= 4 is 10.9 Å².